The van der Waals surface area contributed by atoms with Crippen molar-refractivity contribution in [3.8, 4) is 0 Å². The lowest BCUT2D eigenvalue weighted by molar-refractivity contribution is 0.0666. The van der Waals surface area contributed by atoms with Crippen molar-refractivity contribution in [3.63, 3.8) is 0 Å². The highest BCUT2D eigenvalue weighted by atomic mass is 32.1. The number of hydrogen-bond acceptors (Lipinski definition) is 4. The van der Waals surface area contributed by atoms with Gasteiger partial charge in [0.15, 0.2) is 0 Å². The van der Waals surface area contributed by atoms with Crippen LogP contribution in [0.25, 0.3) is 0 Å². The Morgan fingerprint density at radius 2 is 2.50 bits per heavy atom. The highest BCUT2D eigenvalue weighted by molar-refractivity contribution is 7.09. The van der Waals surface area contributed by atoms with Crippen molar-refractivity contribution in [1.29, 1.82) is 0 Å². The Balaban J connectivity index is 2.00. The van der Waals surface area contributed by atoms with E-state index in [4.69, 9.17) is 5.73 Å². The minimum absolute atomic E-state index is 0.0904. The molecule has 1 fully saturated rings. The highest BCUT2D eigenvalue weighted by Crippen LogP contribution is 2.21. The predicted molar refractivity (Wildman–Crippen MR) is 73.8 cm³/mol. The summed E-state index contributed by atoms with van der Waals surface area (Å²) in [5.74, 6) is 0.748. The van der Waals surface area contributed by atoms with Crippen LogP contribution in [0.1, 0.15) is 41.7 Å². The molecular weight excluding hydrogens is 246 g/mol. The van der Waals surface area contributed by atoms with Gasteiger partial charge in [0.1, 0.15) is 5.69 Å². The van der Waals surface area contributed by atoms with Crippen LogP contribution in [0.15, 0.2) is 5.38 Å². The average Bonchev–Trinajstić information content (AvgIpc) is 2.87. The van der Waals surface area contributed by atoms with Gasteiger partial charge in [0.2, 0.25) is 0 Å². The van der Waals surface area contributed by atoms with Crippen LogP contribution in [0.4, 0.5) is 0 Å². The van der Waals surface area contributed by atoms with Gasteiger partial charge in [-0.2, -0.15) is 0 Å². The number of piperidine rings is 1. The topological polar surface area (TPSA) is 59.2 Å². The molecule has 1 atom stereocenters. The summed E-state index contributed by atoms with van der Waals surface area (Å²) >= 11 is 1.53. The second kappa shape index (κ2) is 6.29. The molecular formula is C13H21N3OS. The fourth-order valence-corrected chi connectivity index (χ4v) is 3.18. The van der Waals surface area contributed by atoms with E-state index in [0.717, 1.165) is 37.4 Å². The van der Waals surface area contributed by atoms with E-state index in [9.17, 15) is 4.79 Å². The number of carbonyl (C=O) groups excluding carboxylic acids is 1. The van der Waals surface area contributed by atoms with Crippen molar-refractivity contribution >= 4 is 17.2 Å². The van der Waals surface area contributed by atoms with E-state index in [1.165, 1.54) is 17.8 Å². The predicted octanol–water partition coefficient (Wildman–Crippen LogP) is 1.91. The Morgan fingerprint density at radius 1 is 1.67 bits per heavy atom. The first-order chi connectivity index (χ1) is 8.74. The molecule has 1 aliphatic rings. The van der Waals surface area contributed by atoms with E-state index in [-0.39, 0.29) is 5.91 Å². The summed E-state index contributed by atoms with van der Waals surface area (Å²) in [5.41, 5.74) is 6.09. The molecule has 18 heavy (non-hydrogen) atoms. The minimum Gasteiger partial charge on any atom is -0.337 e. The van der Waals surface area contributed by atoms with Gasteiger partial charge >= 0.3 is 0 Å². The van der Waals surface area contributed by atoms with Crippen LogP contribution in [0, 0.1) is 5.92 Å². The number of thiazole rings is 1. The number of aromatic nitrogens is 1. The minimum atomic E-state index is 0.0904. The van der Waals surface area contributed by atoms with Gasteiger partial charge in [-0.1, -0.05) is 13.3 Å². The molecule has 0 aliphatic carbocycles. The zero-order chi connectivity index (χ0) is 13.0. The number of rotatable bonds is 4. The number of nitrogens with zero attached hydrogens (tertiary/aromatic N) is 2. The molecule has 1 amide bonds. The third kappa shape index (κ3) is 3.09. The molecule has 0 bridgehead atoms. The summed E-state index contributed by atoms with van der Waals surface area (Å²) in [4.78, 5) is 18.6. The maximum absolute atomic E-state index is 12.3. The van der Waals surface area contributed by atoms with Crippen LogP contribution in [0.3, 0.4) is 0 Å². The first-order valence-corrected chi connectivity index (χ1v) is 7.56. The standard InChI is InChI=1S/C13H21N3OS/c1-2-10-4-3-7-16(8-10)13(17)11-9-18-12(15-11)5-6-14/h9-10H,2-8,14H2,1H3. The fourth-order valence-electron chi connectivity index (χ4n) is 2.39. The summed E-state index contributed by atoms with van der Waals surface area (Å²) in [5, 5.41) is 2.83. The Morgan fingerprint density at radius 3 is 3.22 bits per heavy atom. The highest BCUT2D eigenvalue weighted by Gasteiger charge is 2.24. The zero-order valence-electron chi connectivity index (χ0n) is 10.9. The molecule has 0 spiro atoms. The molecule has 4 nitrogen and oxygen atoms in total. The molecule has 5 heteroatoms. The first kappa shape index (κ1) is 13.5. The maximum Gasteiger partial charge on any atom is 0.273 e. The smallest absolute Gasteiger partial charge is 0.273 e. The SMILES string of the molecule is CCC1CCCN(C(=O)c2csc(CCN)n2)C1. The number of likely N-dealkylation sites (tertiary alicyclic amines) is 1. The second-order valence-electron chi connectivity index (χ2n) is 4.83. The van der Waals surface area contributed by atoms with Gasteiger partial charge in [0.25, 0.3) is 5.91 Å². The van der Waals surface area contributed by atoms with Gasteiger partial charge < -0.3 is 10.6 Å². The molecule has 2 rings (SSSR count). The van der Waals surface area contributed by atoms with E-state index in [1.807, 2.05) is 10.3 Å². The zero-order valence-corrected chi connectivity index (χ0v) is 11.7. The van der Waals surface area contributed by atoms with E-state index >= 15 is 0 Å². The van der Waals surface area contributed by atoms with Crippen LogP contribution in [0.5, 0.6) is 0 Å². The van der Waals surface area contributed by atoms with Gasteiger partial charge in [-0.25, -0.2) is 4.98 Å². The molecule has 1 aromatic rings. The van der Waals surface area contributed by atoms with Crippen molar-refractivity contribution in [1.82, 2.24) is 9.88 Å². The van der Waals surface area contributed by atoms with Gasteiger partial charge in [0, 0.05) is 24.9 Å². The second-order valence-corrected chi connectivity index (χ2v) is 5.78. The summed E-state index contributed by atoms with van der Waals surface area (Å²) in [6, 6.07) is 0. The van der Waals surface area contributed by atoms with Crippen molar-refractivity contribution in [2.75, 3.05) is 19.6 Å². The van der Waals surface area contributed by atoms with Crippen LogP contribution in [-0.2, 0) is 6.42 Å². The molecule has 2 heterocycles. The van der Waals surface area contributed by atoms with E-state index in [0.29, 0.717) is 18.2 Å². The normalized spacial score (nSPS) is 20.1. The largest absolute Gasteiger partial charge is 0.337 e. The molecule has 1 aromatic heterocycles. The summed E-state index contributed by atoms with van der Waals surface area (Å²) < 4.78 is 0. The molecule has 2 N–H and O–H groups in total. The lowest BCUT2D eigenvalue weighted by Crippen LogP contribution is -2.39. The van der Waals surface area contributed by atoms with Crippen molar-refractivity contribution in [2.45, 2.75) is 32.6 Å². The molecule has 0 saturated carbocycles. The summed E-state index contributed by atoms with van der Waals surface area (Å²) in [7, 11) is 0. The number of nitrogens with two attached hydrogens (primary N) is 1. The average molecular weight is 267 g/mol. The van der Waals surface area contributed by atoms with Crippen molar-refractivity contribution in [2.24, 2.45) is 11.7 Å². The molecule has 1 saturated heterocycles. The molecule has 0 aromatic carbocycles. The maximum atomic E-state index is 12.3. The monoisotopic (exact) mass is 267 g/mol. The van der Waals surface area contributed by atoms with Crippen LogP contribution < -0.4 is 5.73 Å². The van der Waals surface area contributed by atoms with Gasteiger partial charge in [-0.3, -0.25) is 4.79 Å². The lowest BCUT2D eigenvalue weighted by atomic mass is 9.95. The van der Waals surface area contributed by atoms with Crippen molar-refractivity contribution in [3.05, 3.63) is 16.1 Å². The number of carbonyl (C=O) groups is 1. The van der Waals surface area contributed by atoms with Gasteiger partial charge in [-0.05, 0) is 25.3 Å². The van der Waals surface area contributed by atoms with E-state index in [1.54, 1.807) is 0 Å². The Labute approximate surface area is 112 Å². The number of hydrogen-bond donors (Lipinski definition) is 1. The van der Waals surface area contributed by atoms with Gasteiger partial charge in [0.05, 0.1) is 5.01 Å². The van der Waals surface area contributed by atoms with Gasteiger partial charge in [-0.15, -0.1) is 11.3 Å². The molecule has 100 valence electrons. The van der Waals surface area contributed by atoms with Crippen LogP contribution in [0.2, 0.25) is 0 Å². The molecule has 0 radical (unpaired) electrons. The van der Waals surface area contributed by atoms with Crippen molar-refractivity contribution < 1.29 is 4.79 Å². The third-order valence-electron chi connectivity index (χ3n) is 3.51. The number of amides is 1. The van der Waals surface area contributed by atoms with Crippen LogP contribution >= 0.6 is 11.3 Å². The van der Waals surface area contributed by atoms with Crippen LogP contribution in [-0.4, -0.2) is 35.4 Å². The fraction of sp³-hybridized carbons (Fsp3) is 0.692. The Kier molecular flexibility index (Phi) is 4.72. The summed E-state index contributed by atoms with van der Waals surface area (Å²) in [6.07, 6.45) is 4.27. The van der Waals surface area contributed by atoms with E-state index < -0.39 is 0 Å². The summed E-state index contributed by atoms with van der Waals surface area (Å²) in [6.45, 7) is 4.54. The molecule has 1 aliphatic heterocycles. The lowest BCUT2D eigenvalue weighted by Gasteiger charge is -2.31. The first-order valence-electron chi connectivity index (χ1n) is 6.68. The quantitative estimate of drug-likeness (QED) is 0.906. The Hall–Kier alpha value is -0.940. The third-order valence-corrected chi connectivity index (χ3v) is 4.42. The Bertz CT molecular complexity index is 405. The molecule has 1 unspecified atom stereocenters. The van der Waals surface area contributed by atoms with E-state index in [2.05, 4.69) is 11.9 Å².